The minimum absolute atomic E-state index is 0.176. The van der Waals surface area contributed by atoms with E-state index in [1.807, 2.05) is 25.1 Å². The van der Waals surface area contributed by atoms with Gasteiger partial charge in [0.25, 0.3) is 0 Å². The normalized spacial score (nSPS) is 27.3. The zero-order valence-corrected chi connectivity index (χ0v) is 17.7. The van der Waals surface area contributed by atoms with Gasteiger partial charge in [-0.1, -0.05) is 30.7 Å². The van der Waals surface area contributed by atoms with Gasteiger partial charge in [-0.25, -0.2) is 0 Å². The third kappa shape index (κ3) is 5.08. The summed E-state index contributed by atoms with van der Waals surface area (Å²) >= 11 is 6.29. The number of nitrogens with two attached hydrogens (primary N) is 1. The predicted molar refractivity (Wildman–Crippen MR) is 111 cm³/mol. The summed E-state index contributed by atoms with van der Waals surface area (Å²) in [6, 6.07) is 5.33. The van der Waals surface area contributed by atoms with Crippen molar-refractivity contribution in [2.45, 2.75) is 45.2 Å². The topological polar surface area (TPSA) is 105 Å². The van der Waals surface area contributed by atoms with Gasteiger partial charge in [-0.3, -0.25) is 14.4 Å². The first-order valence-corrected chi connectivity index (χ1v) is 10.5. The molecule has 1 aromatic rings. The van der Waals surface area contributed by atoms with Gasteiger partial charge < -0.3 is 21.3 Å². The summed E-state index contributed by atoms with van der Waals surface area (Å²) in [5.41, 5.74) is 7.30. The van der Waals surface area contributed by atoms with Gasteiger partial charge in [-0.15, -0.1) is 0 Å². The monoisotopic (exact) mass is 420 g/mol. The molecule has 4 unspecified atom stereocenters. The Kier molecular flexibility index (Phi) is 6.80. The average Bonchev–Trinajstić information content (AvgIpc) is 2.69. The lowest BCUT2D eigenvalue weighted by molar-refractivity contribution is -0.149. The van der Waals surface area contributed by atoms with Gasteiger partial charge in [0.2, 0.25) is 5.91 Å². The molecule has 2 aliphatic rings. The van der Waals surface area contributed by atoms with Crippen molar-refractivity contribution in [1.29, 1.82) is 0 Å². The van der Waals surface area contributed by atoms with Crippen LogP contribution in [-0.4, -0.2) is 48.3 Å². The molecule has 3 amide bonds. The zero-order chi connectivity index (χ0) is 21.1. The van der Waals surface area contributed by atoms with Gasteiger partial charge >= 0.3 is 11.8 Å². The number of carbonyl (C=O) groups is 3. The number of likely N-dealkylation sites (tertiary alicyclic amines) is 1. The van der Waals surface area contributed by atoms with Crippen molar-refractivity contribution in [3.63, 3.8) is 0 Å². The van der Waals surface area contributed by atoms with E-state index in [-0.39, 0.29) is 18.0 Å². The van der Waals surface area contributed by atoms with Gasteiger partial charge in [-0.2, -0.15) is 0 Å². The molecule has 4 N–H and O–H groups in total. The van der Waals surface area contributed by atoms with Gasteiger partial charge in [0.1, 0.15) is 0 Å². The molecule has 29 heavy (non-hydrogen) atoms. The molecule has 0 radical (unpaired) electrons. The molecular weight excluding hydrogens is 392 g/mol. The molecule has 2 saturated heterocycles. The molecule has 0 bridgehead atoms. The Bertz CT molecular complexity index is 800. The van der Waals surface area contributed by atoms with Crippen LogP contribution in [-0.2, 0) is 14.4 Å². The Balaban J connectivity index is 1.72. The number of benzene rings is 1. The number of amides is 3. The molecule has 158 valence electrons. The smallest absolute Gasteiger partial charge is 0.312 e. The molecule has 0 aliphatic carbocycles. The summed E-state index contributed by atoms with van der Waals surface area (Å²) < 4.78 is 0. The lowest BCUT2D eigenvalue weighted by Gasteiger charge is -2.39. The largest absolute Gasteiger partial charge is 0.369 e. The van der Waals surface area contributed by atoms with E-state index in [0.717, 1.165) is 24.0 Å². The molecule has 4 atom stereocenters. The standard InChI is InChI=1S/C21H29ClN4O3/c1-12-3-6-18(14-5-4-13(2)17(22)8-14)26(11-12)21(29)20(28)25-16-7-15(19(23)27)9-24-10-16/h4-5,8,12,15-16,18,24H,3,6-7,9-11H2,1-2H3,(H2,23,27)(H,25,28). The third-order valence-electron chi connectivity index (χ3n) is 5.94. The predicted octanol–water partition coefficient (Wildman–Crippen LogP) is 1.53. The van der Waals surface area contributed by atoms with E-state index in [9.17, 15) is 14.4 Å². The van der Waals surface area contributed by atoms with Gasteiger partial charge in [0.05, 0.1) is 12.0 Å². The lowest BCUT2D eigenvalue weighted by atomic mass is 9.89. The summed E-state index contributed by atoms with van der Waals surface area (Å²) in [5.74, 6) is -1.61. The van der Waals surface area contributed by atoms with Crippen molar-refractivity contribution in [3.05, 3.63) is 34.3 Å². The number of carbonyl (C=O) groups excluding carboxylic acids is 3. The van der Waals surface area contributed by atoms with Crippen molar-refractivity contribution in [2.24, 2.45) is 17.6 Å². The summed E-state index contributed by atoms with van der Waals surface area (Å²) in [5, 5.41) is 6.53. The Morgan fingerprint density at radius 2 is 2.00 bits per heavy atom. The van der Waals surface area contributed by atoms with Crippen LogP contribution < -0.4 is 16.4 Å². The van der Waals surface area contributed by atoms with E-state index in [4.69, 9.17) is 17.3 Å². The van der Waals surface area contributed by atoms with E-state index in [2.05, 4.69) is 17.6 Å². The van der Waals surface area contributed by atoms with Crippen molar-refractivity contribution < 1.29 is 14.4 Å². The van der Waals surface area contributed by atoms with E-state index >= 15 is 0 Å². The summed E-state index contributed by atoms with van der Waals surface area (Å²) in [7, 11) is 0. The number of halogens is 1. The van der Waals surface area contributed by atoms with Crippen LogP contribution in [0.2, 0.25) is 5.02 Å². The number of hydrogen-bond acceptors (Lipinski definition) is 4. The Morgan fingerprint density at radius 1 is 1.24 bits per heavy atom. The quantitative estimate of drug-likeness (QED) is 0.645. The van der Waals surface area contributed by atoms with Crippen LogP contribution in [0.5, 0.6) is 0 Å². The minimum Gasteiger partial charge on any atom is -0.369 e. The molecule has 3 rings (SSSR count). The van der Waals surface area contributed by atoms with E-state index in [1.54, 1.807) is 4.90 Å². The number of piperidine rings is 2. The molecule has 2 fully saturated rings. The second-order valence-corrected chi connectivity index (χ2v) is 8.74. The Hall–Kier alpha value is -2.12. The van der Waals surface area contributed by atoms with E-state index in [0.29, 0.717) is 37.0 Å². The minimum atomic E-state index is -0.640. The van der Waals surface area contributed by atoms with Gasteiger partial charge in [-0.05, 0) is 49.3 Å². The molecular formula is C21H29ClN4O3. The average molecular weight is 421 g/mol. The first kappa shape index (κ1) is 21.6. The number of nitrogens with one attached hydrogen (secondary N) is 2. The van der Waals surface area contributed by atoms with Crippen LogP contribution in [0, 0.1) is 18.8 Å². The molecule has 0 saturated carbocycles. The first-order valence-electron chi connectivity index (χ1n) is 10.1. The van der Waals surface area contributed by atoms with Crippen molar-refractivity contribution in [3.8, 4) is 0 Å². The van der Waals surface area contributed by atoms with Crippen molar-refractivity contribution in [1.82, 2.24) is 15.5 Å². The zero-order valence-electron chi connectivity index (χ0n) is 16.9. The SMILES string of the molecule is Cc1ccc(C2CCC(C)CN2C(=O)C(=O)NC2CNCC(C(N)=O)C2)cc1Cl. The number of hydrogen-bond donors (Lipinski definition) is 3. The maximum Gasteiger partial charge on any atom is 0.312 e. The summed E-state index contributed by atoms with van der Waals surface area (Å²) in [4.78, 5) is 38.9. The highest BCUT2D eigenvalue weighted by molar-refractivity contribution is 6.35. The van der Waals surface area contributed by atoms with Crippen LogP contribution in [0.15, 0.2) is 18.2 Å². The molecule has 1 aromatic carbocycles. The fraction of sp³-hybridized carbons (Fsp3) is 0.571. The fourth-order valence-corrected chi connectivity index (χ4v) is 4.38. The highest BCUT2D eigenvalue weighted by atomic mass is 35.5. The molecule has 0 aromatic heterocycles. The second-order valence-electron chi connectivity index (χ2n) is 8.33. The highest BCUT2D eigenvalue weighted by Gasteiger charge is 2.36. The second kappa shape index (κ2) is 9.13. The van der Waals surface area contributed by atoms with Crippen LogP contribution in [0.25, 0.3) is 0 Å². The number of rotatable bonds is 3. The van der Waals surface area contributed by atoms with Crippen LogP contribution in [0.4, 0.5) is 0 Å². The third-order valence-corrected chi connectivity index (χ3v) is 6.35. The molecule has 7 nitrogen and oxygen atoms in total. The molecule has 8 heteroatoms. The molecule has 0 spiro atoms. The van der Waals surface area contributed by atoms with Gasteiger partial charge in [0.15, 0.2) is 0 Å². The van der Waals surface area contributed by atoms with Crippen LogP contribution >= 0.6 is 11.6 Å². The first-order chi connectivity index (χ1) is 13.8. The molecule has 2 aliphatic heterocycles. The highest BCUT2D eigenvalue weighted by Crippen LogP contribution is 2.35. The molecule has 2 heterocycles. The summed E-state index contributed by atoms with van der Waals surface area (Å²) in [6.45, 7) is 5.54. The maximum atomic E-state index is 13.0. The summed E-state index contributed by atoms with van der Waals surface area (Å²) in [6.07, 6.45) is 2.21. The van der Waals surface area contributed by atoms with Crippen molar-refractivity contribution in [2.75, 3.05) is 19.6 Å². The lowest BCUT2D eigenvalue weighted by Crippen LogP contribution is -2.55. The van der Waals surface area contributed by atoms with Crippen LogP contribution in [0.3, 0.4) is 0 Å². The van der Waals surface area contributed by atoms with E-state index in [1.165, 1.54) is 0 Å². The number of aryl methyl sites for hydroxylation is 1. The van der Waals surface area contributed by atoms with E-state index < -0.39 is 17.7 Å². The maximum absolute atomic E-state index is 13.0. The van der Waals surface area contributed by atoms with Crippen molar-refractivity contribution >= 4 is 29.3 Å². The van der Waals surface area contributed by atoms with Crippen LogP contribution in [0.1, 0.15) is 43.4 Å². The fourth-order valence-electron chi connectivity index (χ4n) is 4.19. The van der Waals surface area contributed by atoms with Gasteiger partial charge in [0, 0.05) is 30.7 Å². The Morgan fingerprint density at radius 3 is 2.69 bits per heavy atom. The Labute approximate surface area is 176 Å². The number of primary amides is 1. The number of nitrogens with zero attached hydrogens (tertiary/aromatic N) is 1.